The number of anilines is 1. The summed E-state index contributed by atoms with van der Waals surface area (Å²) >= 11 is 2.84. The Balaban J connectivity index is 1.76. The highest BCUT2D eigenvalue weighted by molar-refractivity contribution is 7.15. The number of nitrogens with one attached hydrogen (secondary N) is 1. The van der Waals surface area contributed by atoms with Crippen LogP contribution < -0.4 is 5.32 Å². The molecular formula is C15H13N3OS2. The highest BCUT2D eigenvalue weighted by Gasteiger charge is 2.16. The normalized spacial score (nSPS) is 10.5. The van der Waals surface area contributed by atoms with Crippen LogP contribution in [0.4, 0.5) is 5.13 Å². The fourth-order valence-corrected chi connectivity index (χ4v) is 3.47. The van der Waals surface area contributed by atoms with Gasteiger partial charge in [-0.25, -0.2) is 9.97 Å². The van der Waals surface area contributed by atoms with Gasteiger partial charge in [0.1, 0.15) is 4.88 Å². The van der Waals surface area contributed by atoms with Gasteiger partial charge in [0.05, 0.1) is 10.7 Å². The fourth-order valence-electron chi connectivity index (χ4n) is 1.95. The highest BCUT2D eigenvalue weighted by Crippen LogP contribution is 2.22. The summed E-state index contributed by atoms with van der Waals surface area (Å²) in [5.41, 5.74) is 1.96. The third-order valence-electron chi connectivity index (χ3n) is 2.90. The van der Waals surface area contributed by atoms with Gasteiger partial charge in [-0.05, 0) is 12.5 Å². The molecule has 1 amide bonds. The van der Waals surface area contributed by atoms with Crippen LogP contribution in [0.3, 0.4) is 0 Å². The lowest BCUT2D eigenvalue weighted by molar-refractivity contribution is 0.103. The van der Waals surface area contributed by atoms with Gasteiger partial charge >= 0.3 is 0 Å². The van der Waals surface area contributed by atoms with Crippen molar-refractivity contribution in [1.82, 2.24) is 9.97 Å². The molecular weight excluding hydrogens is 302 g/mol. The number of nitrogens with zero attached hydrogens (tertiary/aromatic N) is 2. The van der Waals surface area contributed by atoms with Crippen molar-refractivity contribution in [2.24, 2.45) is 0 Å². The van der Waals surface area contributed by atoms with Crippen molar-refractivity contribution >= 4 is 33.7 Å². The fraction of sp³-hybridized carbons (Fsp3) is 0.133. The molecule has 0 aliphatic heterocycles. The summed E-state index contributed by atoms with van der Waals surface area (Å²) in [6.45, 7) is 1.86. The predicted molar refractivity (Wildman–Crippen MR) is 86.2 cm³/mol. The van der Waals surface area contributed by atoms with Crippen molar-refractivity contribution in [1.29, 1.82) is 0 Å². The molecule has 0 bridgehead atoms. The lowest BCUT2D eigenvalue weighted by Crippen LogP contribution is -2.11. The third kappa shape index (κ3) is 3.34. The topological polar surface area (TPSA) is 54.9 Å². The Morgan fingerprint density at radius 1 is 1.29 bits per heavy atom. The van der Waals surface area contributed by atoms with Gasteiger partial charge in [0, 0.05) is 18.0 Å². The van der Waals surface area contributed by atoms with Gasteiger partial charge in [0.25, 0.3) is 5.91 Å². The Morgan fingerprint density at radius 2 is 2.10 bits per heavy atom. The van der Waals surface area contributed by atoms with Crippen LogP contribution in [-0.2, 0) is 6.42 Å². The predicted octanol–water partition coefficient (Wildman–Crippen LogP) is 3.75. The number of amides is 1. The molecule has 3 rings (SSSR count). The van der Waals surface area contributed by atoms with Crippen LogP contribution in [0.25, 0.3) is 0 Å². The van der Waals surface area contributed by atoms with Crippen LogP contribution in [0.1, 0.15) is 25.9 Å². The number of aromatic nitrogens is 2. The zero-order valence-corrected chi connectivity index (χ0v) is 13.0. The van der Waals surface area contributed by atoms with Gasteiger partial charge in [-0.3, -0.25) is 10.1 Å². The summed E-state index contributed by atoms with van der Waals surface area (Å²) in [5, 5.41) is 6.18. The molecule has 1 aromatic carbocycles. The molecule has 6 heteroatoms. The molecule has 0 aliphatic carbocycles. The second-order valence-corrected chi connectivity index (χ2v) is 6.45. The lowest BCUT2D eigenvalue weighted by Gasteiger charge is -1.98. The van der Waals surface area contributed by atoms with E-state index in [1.807, 2.05) is 30.5 Å². The first-order chi connectivity index (χ1) is 10.2. The van der Waals surface area contributed by atoms with E-state index in [4.69, 9.17) is 0 Å². The second-order valence-electron chi connectivity index (χ2n) is 4.48. The van der Waals surface area contributed by atoms with Crippen molar-refractivity contribution in [3.05, 3.63) is 63.1 Å². The SMILES string of the molecule is Cc1nc(Cc2ccccc2)sc1C(=O)Nc1nccs1. The van der Waals surface area contributed by atoms with E-state index in [0.717, 1.165) is 17.1 Å². The number of rotatable bonds is 4. The largest absolute Gasteiger partial charge is 0.297 e. The Kier molecular flexibility index (Phi) is 4.08. The third-order valence-corrected chi connectivity index (χ3v) is 4.74. The maximum absolute atomic E-state index is 12.2. The summed E-state index contributed by atoms with van der Waals surface area (Å²) in [4.78, 5) is 21.4. The summed E-state index contributed by atoms with van der Waals surface area (Å²) in [7, 11) is 0. The maximum atomic E-state index is 12.2. The lowest BCUT2D eigenvalue weighted by atomic mass is 10.2. The Bertz CT molecular complexity index is 736. The number of hydrogen-bond acceptors (Lipinski definition) is 5. The summed E-state index contributed by atoms with van der Waals surface area (Å²) in [5.74, 6) is -0.140. The van der Waals surface area contributed by atoms with E-state index < -0.39 is 0 Å². The molecule has 0 fully saturated rings. The zero-order valence-electron chi connectivity index (χ0n) is 11.4. The first-order valence-electron chi connectivity index (χ1n) is 6.43. The van der Waals surface area contributed by atoms with Crippen LogP contribution in [-0.4, -0.2) is 15.9 Å². The molecule has 0 saturated heterocycles. The van der Waals surface area contributed by atoms with Crippen molar-refractivity contribution in [2.45, 2.75) is 13.3 Å². The quantitative estimate of drug-likeness (QED) is 0.797. The Hall–Kier alpha value is -2.05. The minimum atomic E-state index is -0.140. The molecule has 2 heterocycles. The van der Waals surface area contributed by atoms with Crippen molar-refractivity contribution < 1.29 is 4.79 Å². The minimum Gasteiger partial charge on any atom is -0.297 e. The molecule has 4 nitrogen and oxygen atoms in total. The molecule has 2 aromatic heterocycles. The van der Waals surface area contributed by atoms with Crippen molar-refractivity contribution in [2.75, 3.05) is 5.32 Å². The summed E-state index contributed by atoms with van der Waals surface area (Å²) in [6, 6.07) is 10.1. The molecule has 0 saturated carbocycles. The Morgan fingerprint density at radius 3 is 2.81 bits per heavy atom. The van der Waals surface area contributed by atoms with Crippen molar-refractivity contribution in [3.8, 4) is 0 Å². The number of carbonyl (C=O) groups is 1. The second kappa shape index (κ2) is 6.15. The zero-order chi connectivity index (χ0) is 14.7. The van der Waals surface area contributed by atoms with E-state index in [0.29, 0.717) is 10.0 Å². The average molecular weight is 315 g/mol. The highest BCUT2D eigenvalue weighted by atomic mass is 32.1. The summed E-state index contributed by atoms with van der Waals surface area (Å²) in [6.07, 6.45) is 2.41. The van der Waals surface area contributed by atoms with Crippen LogP contribution >= 0.6 is 22.7 Å². The number of aryl methyl sites for hydroxylation is 1. The van der Waals surface area contributed by atoms with E-state index in [2.05, 4.69) is 27.4 Å². The number of carbonyl (C=O) groups excluding carboxylic acids is 1. The number of benzene rings is 1. The smallest absolute Gasteiger partial charge is 0.269 e. The maximum Gasteiger partial charge on any atom is 0.269 e. The van der Waals surface area contributed by atoms with E-state index in [-0.39, 0.29) is 5.91 Å². The van der Waals surface area contributed by atoms with E-state index in [9.17, 15) is 4.79 Å². The van der Waals surface area contributed by atoms with Gasteiger partial charge < -0.3 is 0 Å². The molecule has 0 radical (unpaired) electrons. The molecule has 21 heavy (non-hydrogen) atoms. The van der Waals surface area contributed by atoms with E-state index >= 15 is 0 Å². The number of hydrogen-bond donors (Lipinski definition) is 1. The average Bonchev–Trinajstić information content (AvgIpc) is 3.10. The van der Waals surface area contributed by atoms with Gasteiger partial charge in [-0.2, -0.15) is 0 Å². The molecule has 0 atom stereocenters. The van der Waals surface area contributed by atoms with Gasteiger partial charge in [0.15, 0.2) is 5.13 Å². The molecule has 0 aliphatic rings. The van der Waals surface area contributed by atoms with E-state index in [1.165, 1.54) is 28.2 Å². The summed E-state index contributed by atoms with van der Waals surface area (Å²) < 4.78 is 0. The van der Waals surface area contributed by atoms with Crippen molar-refractivity contribution in [3.63, 3.8) is 0 Å². The van der Waals surface area contributed by atoms with Gasteiger partial charge in [-0.15, -0.1) is 22.7 Å². The first-order valence-corrected chi connectivity index (χ1v) is 8.13. The van der Waals surface area contributed by atoms with Crippen LogP contribution in [0, 0.1) is 6.92 Å². The molecule has 0 unspecified atom stereocenters. The minimum absolute atomic E-state index is 0.140. The first kappa shape index (κ1) is 13.9. The standard InChI is InChI=1S/C15H13N3OS2/c1-10-13(14(19)18-15-16-7-8-20-15)21-12(17-10)9-11-5-3-2-4-6-11/h2-8H,9H2,1H3,(H,16,18,19). The molecule has 3 aromatic rings. The van der Waals surface area contributed by atoms with Crippen LogP contribution in [0.15, 0.2) is 41.9 Å². The monoisotopic (exact) mass is 315 g/mol. The van der Waals surface area contributed by atoms with E-state index in [1.54, 1.807) is 6.20 Å². The van der Waals surface area contributed by atoms with Crippen LogP contribution in [0.5, 0.6) is 0 Å². The van der Waals surface area contributed by atoms with Gasteiger partial charge in [-0.1, -0.05) is 30.3 Å². The number of thiazole rings is 2. The van der Waals surface area contributed by atoms with Gasteiger partial charge in [0.2, 0.25) is 0 Å². The Labute approximate surface area is 130 Å². The molecule has 106 valence electrons. The van der Waals surface area contributed by atoms with Crippen LogP contribution in [0.2, 0.25) is 0 Å². The molecule has 1 N–H and O–H groups in total. The molecule has 0 spiro atoms.